The molecule has 1 heterocycles. The van der Waals surface area contributed by atoms with Crippen LogP contribution in [0, 0.1) is 0 Å². The number of ether oxygens (including phenoxy) is 1. The van der Waals surface area contributed by atoms with Crippen LogP contribution >= 0.6 is 0 Å². The van der Waals surface area contributed by atoms with Crippen molar-refractivity contribution >= 4 is 5.96 Å². The van der Waals surface area contributed by atoms with Crippen LogP contribution in [0.5, 0.6) is 5.75 Å². The summed E-state index contributed by atoms with van der Waals surface area (Å²) in [5.41, 5.74) is 1.15. The Kier molecular flexibility index (Phi) is 6.60. The second kappa shape index (κ2) is 8.90. The molecule has 0 aliphatic heterocycles. The Hall–Kier alpha value is -2.57. The lowest BCUT2D eigenvalue weighted by Gasteiger charge is -2.11. The number of aromatic nitrogens is 2. The van der Waals surface area contributed by atoms with Crippen LogP contribution in [0.2, 0.25) is 0 Å². The fourth-order valence-electron chi connectivity index (χ4n) is 2.04. The minimum Gasteiger partial charge on any atom is -0.497 e. The third-order valence-electron chi connectivity index (χ3n) is 3.47. The maximum Gasteiger partial charge on any atom is 0.228 e. The number of hydrogen-bond donors (Lipinski definition) is 2. The highest BCUT2D eigenvalue weighted by Crippen LogP contribution is 2.11. The van der Waals surface area contributed by atoms with Crippen molar-refractivity contribution in [3.63, 3.8) is 0 Å². The zero-order valence-electron chi connectivity index (χ0n) is 14.7. The fourth-order valence-corrected chi connectivity index (χ4v) is 2.04. The molecule has 0 bridgehead atoms. The average Bonchev–Trinajstić information content (AvgIpc) is 3.07. The predicted octanol–water partition coefficient (Wildman–Crippen LogP) is 2.11. The molecule has 0 aliphatic carbocycles. The zero-order valence-corrected chi connectivity index (χ0v) is 14.7. The summed E-state index contributed by atoms with van der Waals surface area (Å²) in [5, 5.41) is 10.5. The molecule has 0 unspecified atom stereocenters. The van der Waals surface area contributed by atoms with Gasteiger partial charge in [0.1, 0.15) is 5.75 Å². The molecule has 0 saturated carbocycles. The average molecular weight is 331 g/mol. The molecular formula is C17H25N5O2. The Morgan fingerprint density at radius 3 is 2.58 bits per heavy atom. The lowest BCUT2D eigenvalue weighted by atomic mass is 10.2. The molecular weight excluding hydrogens is 306 g/mol. The summed E-state index contributed by atoms with van der Waals surface area (Å²) < 4.78 is 10.4. The van der Waals surface area contributed by atoms with Crippen LogP contribution in [-0.2, 0) is 13.0 Å². The van der Waals surface area contributed by atoms with E-state index in [2.05, 4.69) is 25.8 Å². The number of aliphatic imine (C=N–C) groups is 1. The smallest absolute Gasteiger partial charge is 0.228 e. The van der Waals surface area contributed by atoms with Crippen molar-refractivity contribution in [1.82, 2.24) is 20.8 Å². The number of benzene rings is 1. The SMILES string of the molecule is CN=C(NCCc1nc(C(C)C)no1)NCc1ccc(OC)cc1. The van der Waals surface area contributed by atoms with Crippen LogP contribution in [-0.4, -0.2) is 36.8 Å². The molecule has 2 rings (SSSR count). The number of nitrogens with zero attached hydrogens (tertiary/aromatic N) is 3. The van der Waals surface area contributed by atoms with Crippen molar-refractivity contribution in [2.75, 3.05) is 20.7 Å². The van der Waals surface area contributed by atoms with E-state index in [1.807, 2.05) is 38.1 Å². The lowest BCUT2D eigenvalue weighted by Crippen LogP contribution is -2.37. The van der Waals surface area contributed by atoms with Crippen LogP contribution in [0.15, 0.2) is 33.8 Å². The Labute approximate surface area is 142 Å². The van der Waals surface area contributed by atoms with Gasteiger partial charge in [0.15, 0.2) is 11.8 Å². The molecule has 0 atom stereocenters. The molecule has 7 heteroatoms. The van der Waals surface area contributed by atoms with Crippen molar-refractivity contribution < 1.29 is 9.26 Å². The monoisotopic (exact) mass is 331 g/mol. The van der Waals surface area contributed by atoms with Crippen molar-refractivity contribution in [3.05, 3.63) is 41.5 Å². The van der Waals surface area contributed by atoms with Crippen LogP contribution in [0.4, 0.5) is 0 Å². The molecule has 0 amide bonds. The van der Waals surface area contributed by atoms with E-state index in [1.165, 1.54) is 0 Å². The van der Waals surface area contributed by atoms with E-state index >= 15 is 0 Å². The number of rotatable bonds is 7. The van der Waals surface area contributed by atoms with Gasteiger partial charge in [-0.2, -0.15) is 4.98 Å². The van der Waals surface area contributed by atoms with Gasteiger partial charge in [-0.3, -0.25) is 4.99 Å². The van der Waals surface area contributed by atoms with Gasteiger partial charge in [0.2, 0.25) is 5.89 Å². The van der Waals surface area contributed by atoms with Gasteiger partial charge >= 0.3 is 0 Å². The minimum absolute atomic E-state index is 0.273. The van der Waals surface area contributed by atoms with Crippen LogP contribution in [0.3, 0.4) is 0 Å². The van der Waals surface area contributed by atoms with Gasteiger partial charge in [-0.25, -0.2) is 0 Å². The van der Waals surface area contributed by atoms with Gasteiger partial charge in [-0.15, -0.1) is 0 Å². The molecule has 7 nitrogen and oxygen atoms in total. The Morgan fingerprint density at radius 1 is 1.25 bits per heavy atom. The Bertz CT molecular complexity index is 649. The van der Waals surface area contributed by atoms with E-state index in [0.29, 0.717) is 25.4 Å². The van der Waals surface area contributed by atoms with Gasteiger partial charge in [0.05, 0.1) is 7.11 Å². The van der Waals surface area contributed by atoms with Crippen LogP contribution < -0.4 is 15.4 Å². The quantitative estimate of drug-likeness (QED) is 0.597. The summed E-state index contributed by atoms with van der Waals surface area (Å²) in [7, 11) is 3.40. The number of nitrogens with one attached hydrogen (secondary N) is 2. The maximum atomic E-state index is 5.22. The zero-order chi connectivity index (χ0) is 17.4. The summed E-state index contributed by atoms with van der Waals surface area (Å²) in [4.78, 5) is 8.56. The summed E-state index contributed by atoms with van der Waals surface area (Å²) in [5.74, 6) is 3.23. The molecule has 2 N–H and O–H groups in total. The topological polar surface area (TPSA) is 84.6 Å². The Balaban J connectivity index is 1.75. The molecule has 1 aromatic heterocycles. The number of hydrogen-bond acceptors (Lipinski definition) is 5. The summed E-state index contributed by atoms with van der Waals surface area (Å²) >= 11 is 0. The first-order chi connectivity index (χ1) is 11.6. The van der Waals surface area contributed by atoms with E-state index in [4.69, 9.17) is 9.26 Å². The van der Waals surface area contributed by atoms with E-state index in [-0.39, 0.29) is 5.92 Å². The molecule has 2 aromatic rings. The maximum absolute atomic E-state index is 5.22. The normalized spacial score (nSPS) is 11.6. The predicted molar refractivity (Wildman–Crippen MR) is 93.3 cm³/mol. The second-order valence-electron chi connectivity index (χ2n) is 5.65. The molecule has 0 aliphatic rings. The van der Waals surface area contributed by atoms with Gasteiger partial charge in [-0.1, -0.05) is 31.1 Å². The lowest BCUT2D eigenvalue weighted by molar-refractivity contribution is 0.371. The number of guanidine groups is 1. The first-order valence-corrected chi connectivity index (χ1v) is 8.02. The van der Waals surface area contributed by atoms with Gasteiger partial charge < -0.3 is 19.9 Å². The largest absolute Gasteiger partial charge is 0.497 e. The first-order valence-electron chi connectivity index (χ1n) is 8.02. The molecule has 0 radical (unpaired) electrons. The summed E-state index contributed by atoms with van der Waals surface area (Å²) in [6.07, 6.45) is 0.656. The van der Waals surface area contributed by atoms with Gasteiger partial charge in [0.25, 0.3) is 0 Å². The molecule has 130 valence electrons. The third kappa shape index (κ3) is 5.26. The minimum atomic E-state index is 0.273. The highest BCUT2D eigenvalue weighted by Gasteiger charge is 2.09. The van der Waals surface area contributed by atoms with Crippen molar-refractivity contribution in [3.8, 4) is 5.75 Å². The van der Waals surface area contributed by atoms with Crippen molar-refractivity contribution in [1.29, 1.82) is 0 Å². The highest BCUT2D eigenvalue weighted by molar-refractivity contribution is 5.79. The van der Waals surface area contributed by atoms with E-state index in [9.17, 15) is 0 Å². The van der Waals surface area contributed by atoms with Crippen molar-refractivity contribution in [2.24, 2.45) is 4.99 Å². The van der Waals surface area contributed by atoms with Crippen LogP contribution in [0.1, 0.15) is 37.0 Å². The van der Waals surface area contributed by atoms with E-state index in [1.54, 1.807) is 14.2 Å². The molecule has 0 fully saturated rings. The first kappa shape index (κ1) is 17.8. The van der Waals surface area contributed by atoms with E-state index < -0.39 is 0 Å². The van der Waals surface area contributed by atoms with Crippen LogP contribution in [0.25, 0.3) is 0 Å². The fraction of sp³-hybridized carbons (Fsp3) is 0.471. The van der Waals surface area contributed by atoms with Gasteiger partial charge in [-0.05, 0) is 17.7 Å². The van der Waals surface area contributed by atoms with E-state index in [0.717, 1.165) is 23.1 Å². The molecule has 24 heavy (non-hydrogen) atoms. The highest BCUT2D eigenvalue weighted by atomic mass is 16.5. The Morgan fingerprint density at radius 2 is 2.00 bits per heavy atom. The third-order valence-corrected chi connectivity index (χ3v) is 3.47. The number of methoxy groups -OCH3 is 1. The molecule has 0 saturated heterocycles. The summed E-state index contributed by atoms with van der Waals surface area (Å²) in [6, 6.07) is 7.92. The molecule has 1 aromatic carbocycles. The molecule has 0 spiro atoms. The van der Waals surface area contributed by atoms with Crippen molar-refractivity contribution in [2.45, 2.75) is 32.7 Å². The van der Waals surface area contributed by atoms with Gasteiger partial charge in [0, 0.05) is 32.5 Å². The standard InChI is InChI=1S/C17H25N5O2/c1-12(2)16-21-15(24-22-16)9-10-19-17(18-3)20-11-13-5-7-14(23-4)8-6-13/h5-8,12H,9-11H2,1-4H3,(H2,18,19,20). The second-order valence-corrected chi connectivity index (χ2v) is 5.65. The summed E-state index contributed by atoms with van der Waals surface area (Å²) in [6.45, 7) is 5.43.